The van der Waals surface area contributed by atoms with E-state index in [1.807, 2.05) is 55.5 Å². The van der Waals surface area contributed by atoms with Crippen molar-refractivity contribution in [3.63, 3.8) is 0 Å². The molecule has 0 aliphatic heterocycles. The largest absolute Gasteiger partial charge is 0.499 e. The Morgan fingerprint density at radius 3 is 2.39 bits per heavy atom. The van der Waals surface area contributed by atoms with Gasteiger partial charge in [0.05, 0.1) is 6.10 Å². The number of hydrogen-bond acceptors (Lipinski definition) is 6. The molecular weight excluding hydrogens is 559 g/mol. The standard InChI is InChI=1S/C29H30F3N3O5S/c1-19(33-16-27(36)22-7-3-2-4-8-22)12-20-10-11-25-23(13-20)15-26(28(37)38)35(25)17-21-6-5-9-24(14-21)34-18-41(39,40)29(30,31)32/h2-11,13-15,19,27,33-34,36H,12,16-18H2,1H3,(H,37,38). The van der Waals surface area contributed by atoms with Gasteiger partial charge in [0, 0.05) is 35.7 Å². The molecule has 0 amide bonds. The smallest absolute Gasteiger partial charge is 0.477 e. The van der Waals surface area contributed by atoms with Crippen LogP contribution in [0.25, 0.3) is 10.9 Å². The lowest BCUT2D eigenvalue weighted by molar-refractivity contribution is -0.0433. The number of carbonyl (C=O) groups is 1. The fourth-order valence-corrected chi connectivity index (χ4v) is 5.07. The molecule has 1 heterocycles. The van der Waals surface area contributed by atoms with Crippen molar-refractivity contribution in [3.05, 3.63) is 101 Å². The molecule has 3 aromatic carbocycles. The Hall–Kier alpha value is -3.87. The molecule has 12 heteroatoms. The van der Waals surface area contributed by atoms with Crippen molar-refractivity contribution in [2.75, 3.05) is 17.7 Å². The normalized spacial score (nSPS) is 13.7. The number of alkyl halides is 3. The first kappa shape index (κ1) is 30.1. The number of fused-ring (bicyclic) bond motifs is 1. The number of anilines is 1. The van der Waals surface area contributed by atoms with Gasteiger partial charge in [0.2, 0.25) is 0 Å². The van der Waals surface area contributed by atoms with E-state index in [-0.39, 0.29) is 24.0 Å². The molecule has 1 aromatic heterocycles. The molecule has 0 aliphatic carbocycles. The highest BCUT2D eigenvalue weighted by Gasteiger charge is 2.45. The van der Waals surface area contributed by atoms with Gasteiger partial charge in [0.15, 0.2) is 0 Å². The molecule has 4 rings (SSSR count). The van der Waals surface area contributed by atoms with E-state index in [1.165, 1.54) is 12.1 Å². The van der Waals surface area contributed by atoms with Gasteiger partial charge in [-0.1, -0.05) is 48.5 Å². The van der Waals surface area contributed by atoms with Crippen LogP contribution in [-0.4, -0.2) is 53.1 Å². The second-order valence-corrected chi connectivity index (χ2v) is 11.8. The number of carboxylic acid groups (broad SMARTS) is 1. The fraction of sp³-hybridized carbons (Fsp3) is 0.276. The van der Waals surface area contributed by atoms with Crippen LogP contribution in [0.5, 0.6) is 0 Å². The Balaban J connectivity index is 1.48. The molecule has 41 heavy (non-hydrogen) atoms. The van der Waals surface area contributed by atoms with Crippen molar-refractivity contribution in [1.82, 2.24) is 9.88 Å². The van der Waals surface area contributed by atoms with Crippen LogP contribution >= 0.6 is 0 Å². The molecule has 0 saturated heterocycles. The minimum atomic E-state index is -5.37. The molecule has 0 bridgehead atoms. The molecule has 218 valence electrons. The fourth-order valence-electron chi connectivity index (χ4n) is 4.55. The van der Waals surface area contributed by atoms with Gasteiger partial charge in [-0.2, -0.15) is 13.2 Å². The van der Waals surface area contributed by atoms with E-state index in [4.69, 9.17) is 0 Å². The molecule has 8 nitrogen and oxygen atoms in total. The van der Waals surface area contributed by atoms with E-state index in [2.05, 4.69) is 10.6 Å². The van der Waals surface area contributed by atoms with E-state index in [9.17, 15) is 36.6 Å². The maximum atomic E-state index is 12.7. The van der Waals surface area contributed by atoms with Gasteiger partial charge in [0.25, 0.3) is 9.84 Å². The van der Waals surface area contributed by atoms with Crippen LogP contribution in [0.2, 0.25) is 0 Å². The Morgan fingerprint density at radius 1 is 0.976 bits per heavy atom. The summed E-state index contributed by atoms with van der Waals surface area (Å²) in [5.74, 6) is -2.45. The summed E-state index contributed by atoms with van der Waals surface area (Å²) in [6.07, 6.45) is -0.00409. The van der Waals surface area contributed by atoms with Crippen molar-refractivity contribution in [1.29, 1.82) is 0 Å². The van der Waals surface area contributed by atoms with Crippen molar-refractivity contribution < 1.29 is 36.6 Å². The number of aliphatic hydroxyl groups excluding tert-OH is 1. The first-order valence-corrected chi connectivity index (χ1v) is 14.4. The molecule has 0 fully saturated rings. The summed E-state index contributed by atoms with van der Waals surface area (Å²) in [7, 11) is -5.35. The van der Waals surface area contributed by atoms with Crippen molar-refractivity contribution >= 4 is 32.4 Å². The Morgan fingerprint density at radius 2 is 1.71 bits per heavy atom. The predicted octanol–water partition coefficient (Wildman–Crippen LogP) is 4.95. The SMILES string of the molecule is CC(Cc1ccc2c(c1)cc(C(=O)O)n2Cc1cccc(NCS(=O)(=O)C(F)(F)F)c1)NCC(O)c1ccccc1. The zero-order valence-corrected chi connectivity index (χ0v) is 22.9. The number of nitrogens with zero attached hydrogens (tertiary/aromatic N) is 1. The number of benzene rings is 3. The summed E-state index contributed by atoms with van der Waals surface area (Å²) in [5.41, 5.74) is -2.16. The first-order valence-electron chi connectivity index (χ1n) is 12.8. The number of hydrogen-bond donors (Lipinski definition) is 4. The first-order chi connectivity index (χ1) is 19.3. The number of aromatic nitrogens is 1. The van der Waals surface area contributed by atoms with Crippen LogP contribution < -0.4 is 10.6 Å². The highest BCUT2D eigenvalue weighted by Crippen LogP contribution is 2.26. The maximum absolute atomic E-state index is 12.7. The van der Waals surface area contributed by atoms with E-state index in [1.54, 1.807) is 22.8 Å². The van der Waals surface area contributed by atoms with E-state index in [0.717, 1.165) is 11.1 Å². The summed E-state index contributed by atoms with van der Waals surface area (Å²) in [4.78, 5) is 12.0. The van der Waals surface area contributed by atoms with Crippen LogP contribution in [0.15, 0.2) is 78.9 Å². The summed E-state index contributed by atoms with van der Waals surface area (Å²) in [5, 5.41) is 26.6. The van der Waals surface area contributed by atoms with E-state index in [0.29, 0.717) is 29.4 Å². The van der Waals surface area contributed by atoms with Crippen LogP contribution in [0.1, 0.15) is 40.2 Å². The Kier molecular flexibility index (Phi) is 9.05. The van der Waals surface area contributed by atoms with E-state index < -0.39 is 33.3 Å². The van der Waals surface area contributed by atoms with Gasteiger partial charge >= 0.3 is 11.5 Å². The average Bonchev–Trinajstić information content (AvgIpc) is 3.28. The van der Waals surface area contributed by atoms with Gasteiger partial charge in [-0.25, -0.2) is 13.2 Å². The molecule has 4 N–H and O–H groups in total. The van der Waals surface area contributed by atoms with Gasteiger partial charge in [-0.3, -0.25) is 0 Å². The number of aliphatic hydroxyl groups is 1. The Bertz CT molecular complexity index is 1620. The van der Waals surface area contributed by atoms with Crippen molar-refractivity contribution in [2.24, 2.45) is 0 Å². The van der Waals surface area contributed by atoms with Gasteiger partial charge in [-0.15, -0.1) is 0 Å². The molecular formula is C29H30F3N3O5S. The van der Waals surface area contributed by atoms with Crippen molar-refractivity contribution in [3.8, 4) is 0 Å². The van der Waals surface area contributed by atoms with Crippen LogP contribution in [0.3, 0.4) is 0 Å². The predicted molar refractivity (Wildman–Crippen MR) is 150 cm³/mol. The lowest BCUT2D eigenvalue weighted by Gasteiger charge is -2.18. The average molecular weight is 590 g/mol. The van der Waals surface area contributed by atoms with Crippen LogP contribution in [0.4, 0.5) is 18.9 Å². The second-order valence-electron chi connectivity index (χ2n) is 9.84. The molecule has 4 aromatic rings. The molecule has 2 atom stereocenters. The number of aromatic carboxylic acids is 1. The van der Waals surface area contributed by atoms with E-state index >= 15 is 0 Å². The number of nitrogens with one attached hydrogen (secondary N) is 2. The zero-order valence-electron chi connectivity index (χ0n) is 22.1. The third-order valence-corrected chi connectivity index (χ3v) is 7.89. The summed E-state index contributed by atoms with van der Waals surface area (Å²) in [6, 6.07) is 22.7. The van der Waals surface area contributed by atoms with Gasteiger partial charge in [0.1, 0.15) is 11.6 Å². The van der Waals surface area contributed by atoms with Crippen molar-refractivity contribution in [2.45, 2.75) is 37.5 Å². The third kappa shape index (κ3) is 7.46. The summed E-state index contributed by atoms with van der Waals surface area (Å²) >= 11 is 0. The summed E-state index contributed by atoms with van der Waals surface area (Å²) < 4.78 is 62.4. The lowest BCUT2D eigenvalue weighted by Crippen LogP contribution is -2.32. The Labute approximate surface area is 235 Å². The maximum Gasteiger partial charge on any atom is 0.499 e. The highest BCUT2D eigenvalue weighted by molar-refractivity contribution is 7.92. The quantitative estimate of drug-likeness (QED) is 0.185. The topological polar surface area (TPSA) is 121 Å². The number of carboxylic acids is 1. The molecule has 2 unspecified atom stereocenters. The number of rotatable bonds is 12. The zero-order chi connectivity index (χ0) is 29.8. The van der Waals surface area contributed by atoms with Gasteiger partial charge < -0.3 is 25.4 Å². The summed E-state index contributed by atoms with van der Waals surface area (Å²) in [6.45, 7) is 2.47. The highest BCUT2D eigenvalue weighted by atomic mass is 32.2. The second kappa shape index (κ2) is 12.3. The van der Waals surface area contributed by atoms with Crippen LogP contribution in [0, 0.1) is 0 Å². The molecule has 0 saturated carbocycles. The molecule has 0 spiro atoms. The minimum absolute atomic E-state index is 0.0308. The number of halogens is 3. The third-order valence-electron chi connectivity index (χ3n) is 6.66. The molecule has 0 aliphatic rings. The molecule has 0 radical (unpaired) electrons. The monoisotopic (exact) mass is 589 g/mol. The minimum Gasteiger partial charge on any atom is -0.477 e. The van der Waals surface area contributed by atoms with Crippen LogP contribution in [-0.2, 0) is 22.8 Å². The lowest BCUT2D eigenvalue weighted by atomic mass is 10.0. The number of sulfone groups is 1. The van der Waals surface area contributed by atoms with Gasteiger partial charge in [-0.05, 0) is 60.4 Å².